The summed E-state index contributed by atoms with van der Waals surface area (Å²) in [5.41, 5.74) is 2.79. The number of carbonyl (C=O) groups excluding carboxylic acids is 1. The van der Waals surface area contributed by atoms with Crippen molar-refractivity contribution in [3.8, 4) is 6.07 Å². The monoisotopic (exact) mass is 252 g/mol. The molecule has 0 aliphatic carbocycles. The van der Waals surface area contributed by atoms with Gasteiger partial charge in [-0.15, -0.1) is 0 Å². The van der Waals surface area contributed by atoms with Crippen molar-refractivity contribution >= 4 is 5.78 Å². The van der Waals surface area contributed by atoms with Crippen LogP contribution in [-0.2, 0) is 13.0 Å². The molecular weight excluding hydrogens is 236 g/mol. The second-order valence-corrected chi connectivity index (χ2v) is 4.49. The third kappa shape index (κ3) is 3.11. The first-order valence-electron chi connectivity index (χ1n) is 6.32. The highest BCUT2D eigenvalue weighted by molar-refractivity contribution is 5.97. The van der Waals surface area contributed by atoms with Crippen LogP contribution in [0.15, 0.2) is 42.5 Å². The molecular formula is C16H16N2O. The molecule has 0 saturated carbocycles. The molecule has 0 bridgehead atoms. The van der Waals surface area contributed by atoms with Crippen molar-refractivity contribution in [1.29, 1.82) is 5.26 Å². The second-order valence-electron chi connectivity index (χ2n) is 4.49. The normalized spacial score (nSPS) is 10.1. The number of hydrogen-bond acceptors (Lipinski definition) is 2. The van der Waals surface area contributed by atoms with E-state index in [-0.39, 0.29) is 5.78 Å². The summed E-state index contributed by atoms with van der Waals surface area (Å²) in [7, 11) is 0. The van der Waals surface area contributed by atoms with Crippen LogP contribution in [0.2, 0.25) is 0 Å². The van der Waals surface area contributed by atoms with Crippen LogP contribution in [0.25, 0.3) is 0 Å². The number of aromatic nitrogens is 1. The zero-order valence-electron chi connectivity index (χ0n) is 11.0. The van der Waals surface area contributed by atoms with Gasteiger partial charge in [0.05, 0.1) is 18.9 Å². The number of aryl methyl sites for hydroxylation is 1. The Morgan fingerprint density at radius 2 is 1.95 bits per heavy atom. The first kappa shape index (κ1) is 13.1. The summed E-state index contributed by atoms with van der Waals surface area (Å²) >= 11 is 0. The molecule has 0 saturated heterocycles. The largest absolute Gasteiger partial charge is 0.347 e. The molecule has 19 heavy (non-hydrogen) atoms. The zero-order chi connectivity index (χ0) is 13.7. The van der Waals surface area contributed by atoms with Gasteiger partial charge in [0.15, 0.2) is 5.78 Å². The van der Waals surface area contributed by atoms with E-state index < -0.39 is 0 Å². The van der Waals surface area contributed by atoms with E-state index in [0.29, 0.717) is 19.4 Å². The SMILES string of the molecule is Cc1ccc(CC(=O)c2ccccc2)n1CCC#N. The van der Waals surface area contributed by atoms with Crippen LogP contribution < -0.4 is 0 Å². The van der Waals surface area contributed by atoms with Gasteiger partial charge in [-0.05, 0) is 19.1 Å². The average Bonchev–Trinajstić information content (AvgIpc) is 2.78. The summed E-state index contributed by atoms with van der Waals surface area (Å²) < 4.78 is 2.05. The predicted molar refractivity (Wildman–Crippen MR) is 73.9 cm³/mol. The smallest absolute Gasteiger partial charge is 0.168 e. The Morgan fingerprint density at radius 1 is 1.21 bits per heavy atom. The minimum absolute atomic E-state index is 0.108. The van der Waals surface area contributed by atoms with Gasteiger partial charge in [0, 0.05) is 23.5 Å². The van der Waals surface area contributed by atoms with Crippen LogP contribution in [0.1, 0.15) is 28.2 Å². The molecule has 0 spiro atoms. The van der Waals surface area contributed by atoms with E-state index in [0.717, 1.165) is 17.0 Å². The van der Waals surface area contributed by atoms with Gasteiger partial charge in [-0.3, -0.25) is 4.79 Å². The van der Waals surface area contributed by atoms with Gasteiger partial charge in [0.2, 0.25) is 0 Å². The number of nitrogens with zero attached hydrogens (tertiary/aromatic N) is 2. The molecule has 0 atom stereocenters. The quantitative estimate of drug-likeness (QED) is 0.767. The summed E-state index contributed by atoms with van der Waals surface area (Å²) in [6, 6.07) is 15.4. The van der Waals surface area contributed by atoms with Gasteiger partial charge in [-0.1, -0.05) is 30.3 Å². The van der Waals surface area contributed by atoms with Gasteiger partial charge in [0.1, 0.15) is 0 Å². The molecule has 3 nitrogen and oxygen atoms in total. The fourth-order valence-corrected chi connectivity index (χ4v) is 2.15. The van der Waals surface area contributed by atoms with Crippen LogP contribution in [0.3, 0.4) is 0 Å². The van der Waals surface area contributed by atoms with E-state index in [4.69, 9.17) is 5.26 Å². The highest BCUT2D eigenvalue weighted by Crippen LogP contribution is 2.13. The first-order valence-corrected chi connectivity index (χ1v) is 6.32. The maximum atomic E-state index is 12.2. The van der Waals surface area contributed by atoms with E-state index in [2.05, 4.69) is 6.07 Å². The Morgan fingerprint density at radius 3 is 2.63 bits per heavy atom. The summed E-state index contributed by atoms with van der Waals surface area (Å²) in [4.78, 5) is 12.2. The van der Waals surface area contributed by atoms with Crippen molar-refractivity contribution in [2.75, 3.05) is 0 Å². The lowest BCUT2D eigenvalue weighted by molar-refractivity contribution is 0.0991. The fraction of sp³-hybridized carbons (Fsp3) is 0.250. The van der Waals surface area contributed by atoms with Crippen molar-refractivity contribution in [2.45, 2.75) is 26.3 Å². The number of Topliss-reactive ketones (excluding diaryl/α,β-unsaturated/α-hetero) is 1. The van der Waals surface area contributed by atoms with Gasteiger partial charge in [-0.25, -0.2) is 0 Å². The van der Waals surface area contributed by atoms with Crippen molar-refractivity contribution < 1.29 is 4.79 Å². The maximum Gasteiger partial charge on any atom is 0.168 e. The Kier molecular flexibility index (Phi) is 4.15. The summed E-state index contributed by atoms with van der Waals surface area (Å²) in [6.07, 6.45) is 0.839. The molecule has 96 valence electrons. The van der Waals surface area contributed by atoms with E-state index in [1.165, 1.54) is 0 Å². The molecule has 3 heteroatoms. The van der Waals surface area contributed by atoms with Crippen molar-refractivity contribution in [2.24, 2.45) is 0 Å². The molecule has 0 fully saturated rings. The lowest BCUT2D eigenvalue weighted by atomic mass is 10.1. The van der Waals surface area contributed by atoms with Gasteiger partial charge < -0.3 is 4.57 Å². The van der Waals surface area contributed by atoms with Gasteiger partial charge >= 0.3 is 0 Å². The molecule has 1 heterocycles. The number of hydrogen-bond donors (Lipinski definition) is 0. The molecule has 0 amide bonds. The van der Waals surface area contributed by atoms with E-state index >= 15 is 0 Å². The van der Waals surface area contributed by atoms with Crippen LogP contribution in [0, 0.1) is 18.3 Å². The predicted octanol–water partition coefficient (Wildman–Crippen LogP) is 3.14. The lowest BCUT2D eigenvalue weighted by Gasteiger charge is -2.09. The zero-order valence-corrected chi connectivity index (χ0v) is 11.0. The standard InChI is InChI=1S/C16H16N2O/c1-13-8-9-15(18(13)11-5-10-17)12-16(19)14-6-3-2-4-7-14/h2-4,6-9H,5,11-12H2,1H3. The molecule has 0 aliphatic heterocycles. The van der Waals surface area contributed by atoms with Crippen LogP contribution in [0.5, 0.6) is 0 Å². The van der Waals surface area contributed by atoms with E-state index in [1.54, 1.807) is 0 Å². The number of benzene rings is 1. The molecule has 1 aromatic carbocycles. The van der Waals surface area contributed by atoms with Crippen LogP contribution >= 0.6 is 0 Å². The highest BCUT2D eigenvalue weighted by Gasteiger charge is 2.11. The van der Waals surface area contributed by atoms with Crippen LogP contribution in [-0.4, -0.2) is 10.4 Å². The molecule has 0 radical (unpaired) electrons. The molecule has 0 unspecified atom stereocenters. The number of carbonyl (C=O) groups is 1. The second kappa shape index (κ2) is 6.01. The Labute approximate surface area is 113 Å². The van der Waals surface area contributed by atoms with Gasteiger partial charge in [0.25, 0.3) is 0 Å². The Bertz CT molecular complexity index is 605. The van der Waals surface area contributed by atoms with E-state index in [1.807, 2.05) is 54.0 Å². The molecule has 0 N–H and O–H groups in total. The summed E-state index contributed by atoms with van der Waals surface area (Å²) in [5.74, 6) is 0.108. The molecule has 0 aliphatic rings. The number of ketones is 1. The molecule has 1 aromatic heterocycles. The minimum atomic E-state index is 0.108. The minimum Gasteiger partial charge on any atom is -0.347 e. The first-order chi connectivity index (χ1) is 9.22. The molecule has 2 rings (SSSR count). The maximum absolute atomic E-state index is 12.2. The third-order valence-corrected chi connectivity index (χ3v) is 3.17. The Balaban J connectivity index is 2.16. The average molecular weight is 252 g/mol. The van der Waals surface area contributed by atoms with E-state index in [9.17, 15) is 4.79 Å². The summed E-state index contributed by atoms with van der Waals surface area (Å²) in [6.45, 7) is 2.64. The topological polar surface area (TPSA) is 45.8 Å². The lowest BCUT2D eigenvalue weighted by Crippen LogP contribution is -2.10. The van der Waals surface area contributed by atoms with Gasteiger partial charge in [-0.2, -0.15) is 5.26 Å². The van der Waals surface area contributed by atoms with Crippen molar-refractivity contribution in [1.82, 2.24) is 4.57 Å². The van der Waals surface area contributed by atoms with Crippen molar-refractivity contribution in [3.63, 3.8) is 0 Å². The van der Waals surface area contributed by atoms with Crippen molar-refractivity contribution in [3.05, 3.63) is 59.4 Å². The van der Waals surface area contributed by atoms with Crippen LogP contribution in [0.4, 0.5) is 0 Å². The summed E-state index contributed by atoms with van der Waals surface area (Å²) in [5, 5.41) is 8.68. The molecule has 2 aromatic rings. The third-order valence-electron chi connectivity index (χ3n) is 3.17. The fourth-order valence-electron chi connectivity index (χ4n) is 2.15. The highest BCUT2D eigenvalue weighted by atomic mass is 16.1. The Hall–Kier alpha value is -2.34. The number of nitriles is 1. The number of rotatable bonds is 5.